The van der Waals surface area contributed by atoms with Crippen molar-refractivity contribution in [2.24, 2.45) is 11.8 Å². The molecule has 0 rings (SSSR count). The Kier molecular flexibility index (Phi) is 4.17. The largest absolute Gasteiger partial charge is 0.115 e. The van der Waals surface area contributed by atoms with Gasteiger partial charge in [0.1, 0.15) is 0 Å². The third-order valence-corrected chi connectivity index (χ3v) is 3.29. The van der Waals surface area contributed by atoms with Gasteiger partial charge in [-0.25, -0.2) is 0 Å². The molecule has 0 bridgehead atoms. The fourth-order valence-electron chi connectivity index (χ4n) is 1.10. The van der Waals surface area contributed by atoms with Crippen LogP contribution in [0.15, 0.2) is 12.7 Å². The fourth-order valence-corrected chi connectivity index (χ4v) is 1.31. The van der Waals surface area contributed by atoms with Crippen LogP contribution in [-0.4, -0.2) is 4.87 Å². The van der Waals surface area contributed by atoms with Gasteiger partial charge >= 0.3 is 0 Å². The van der Waals surface area contributed by atoms with Crippen LogP contribution in [-0.2, 0) is 0 Å². The molecule has 0 radical (unpaired) electrons. The van der Waals surface area contributed by atoms with Gasteiger partial charge in [0.05, 0.1) is 4.87 Å². The molecule has 11 heavy (non-hydrogen) atoms. The highest BCUT2D eigenvalue weighted by Gasteiger charge is 2.28. The van der Waals surface area contributed by atoms with E-state index in [0.29, 0.717) is 11.8 Å². The maximum absolute atomic E-state index is 6.23. The zero-order valence-corrected chi connectivity index (χ0v) is 8.78. The first-order valence-corrected chi connectivity index (χ1v) is 4.66. The highest BCUT2D eigenvalue weighted by atomic mass is 35.5. The van der Waals surface area contributed by atoms with Crippen molar-refractivity contribution in [1.82, 2.24) is 0 Å². The van der Waals surface area contributed by atoms with Crippen molar-refractivity contribution in [3.63, 3.8) is 0 Å². The van der Waals surface area contributed by atoms with Crippen molar-refractivity contribution < 1.29 is 0 Å². The quantitative estimate of drug-likeness (QED) is 0.449. The summed E-state index contributed by atoms with van der Waals surface area (Å²) in [6.07, 6.45) is 3.02. The lowest BCUT2D eigenvalue weighted by molar-refractivity contribution is 0.331. The summed E-state index contributed by atoms with van der Waals surface area (Å²) < 4.78 is 0. The lowest BCUT2D eigenvalue weighted by Gasteiger charge is -2.30. The Morgan fingerprint density at radius 3 is 2.27 bits per heavy atom. The Labute approximate surface area is 75.6 Å². The highest BCUT2D eigenvalue weighted by molar-refractivity contribution is 6.25. The summed E-state index contributed by atoms with van der Waals surface area (Å²) >= 11 is 6.23. The van der Waals surface area contributed by atoms with Gasteiger partial charge in [-0.2, -0.15) is 0 Å². The Bertz CT molecular complexity index is 127. The molecule has 0 aromatic carbocycles. The van der Waals surface area contributed by atoms with Gasteiger partial charge in [0.25, 0.3) is 0 Å². The molecule has 3 atom stereocenters. The van der Waals surface area contributed by atoms with Crippen LogP contribution in [0.5, 0.6) is 0 Å². The van der Waals surface area contributed by atoms with E-state index in [2.05, 4.69) is 27.4 Å². The number of hydrogen-bond acceptors (Lipinski definition) is 0. The number of rotatable bonds is 4. The van der Waals surface area contributed by atoms with E-state index in [4.69, 9.17) is 11.6 Å². The molecule has 0 saturated heterocycles. The molecule has 0 saturated carbocycles. The second-order valence-electron chi connectivity index (χ2n) is 3.53. The minimum absolute atomic E-state index is 0.241. The standard InChI is InChI=1S/C10H19Cl/c1-6-8(3)9(4)10(5,11)7-2/h7-9H,2,6H2,1,3-5H3/t8-,9+,10?/m0/s1. The minimum Gasteiger partial charge on any atom is -0.115 e. The van der Waals surface area contributed by atoms with E-state index in [9.17, 15) is 0 Å². The Balaban J connectivity index is 4.21. The predicted octanol–water partition coefficient (Wildman–Crippen LogP) is 3.85. The van der Waals surface area contributed by atoms with Gasteiger partial charge in [-0.15, -0.1) is 18.2 Å². The molecule has 1 heteroatoms. The van der Waals surface area contributed by atoms with Crippen molar-refractivity contribution in [2.45, 2.75) is 39.0 Å². The van der Waals surface area contributed by atoms with E-state index in [1.807, 2.05) is 13.0 Å². The van der Waals surface area contributed by atoms with Gasteiger partial charge in [-0.3, -0.25) is 0 Å². The molecule has 0 aliphatic carbocycles. The van der Waals surface area contributed by atoms with Gasteiger partial charge in [0.2, 0.25) is 0 Å². The fraction of sp³-hybridized carbons (Fsp3) is 0.800. The normalized spacial score (nSPS) is 21.9. The molecule has 1 unspecified atom stereocenters. The van der Waals surface area contributed by atoms with Crippen molar-refractivity contribution in [3.05, 3.63) is 12.7 Å². The molecular formula is C10H19Cl. The van der Waals surface area contributed by atoms with Crippen LogP contribution in [0.2, 0.25) is 0 Å². The van der Waals surface area contributed by atoms with Crippen molar-refractivity contribution in [1.29, 1.82) is 0 Å². The first-order valence-electron chi connectivity index (χ1n) is 4.28. The third kappa shape index (κ3) is 2.86. The lowest BCUT2D eigenvalue weighted by Crippen LogP contribution is -2.28. The first kappa shape index (κ1) is 11.0. The summed E-state index contributed by atoms with van der Waals surface area (Å²) in [7, 11) is 0. The molecule has 0 heterocycles. The van der Waals surface area contributed by atoms with E-state index in [-0.39, 0.29) is 4.87 Å². The van der Waals surface area contributed by atoms with Crippen LogP contribution in [0.3, 0.4) is 0 Å². The van der Waals surface area contributed by atoms with E-state index in [1.54, 1.807) is 0 Å². The Morgan fingerprint density at radius 1 is 1.55 bits per heavy atom. The van der Waals surface area contributed by atoms with Gasteiger partial charge in [-0.1, -0.05) is 33.3 Å². The summed E-state index contributed by atoms with van der Waals surface area (Å²) in [5, 5.41) is 0. The first-order chi connectivity index (χ1) is 4.95. The second kappa shape index (κ2) is 4.15. The molecule has 0 fully saturated rings. The number of alkyl halides is 1. The maximum atomic E-state index is 6.23. The summed E-state index contributed by atoms with van der Waals surface area (Å²) in [4.78, 5) is -0.241. The van der Waals surface area contributed by atoms with E-state index in [0.717, 1.165) is 0 Å². The molecule has 0 aliphatic rings. The van der Waals surface area contributed by atoms with Gasteiger partial charge < -0.3 is 0 Å². The zero-order chi connectivity index (χ0) is 9.07. The van der Waals surface area contributed by atoms with Gasteiger partial charge in [-0.05, 0) is 18.8 Å². The molecule has 0 aromatic heterocycles. The molecule has 0 spiro atoms. The van der Waals surface area contributed by atoms with E-state index >= 15 is 0 Å². The van der Waals surface area contributed by atoms with Crippen LogP contribution in [0, 0.1) is 11.8 Å². The zero-order valence-electron chi connectivity index (χ0n) is 8.02. The van der Waals surface area contributed by atoms with Gasteiger partial charge in [0, 0.05) is 0 Å². The Morgan fingerprint density at radius 2 is 2.00 bits per heavy atom. The molecule has 0 nitrogen and oxygen atoms in total. The molecule has 0 aliphatic heterocycles. The maximum Gasteiger partial charge on any atom is 0.0623 e. The molecule has 0 N–H and O–H groups in total. The Hall–Kier alpha value is 0.0300. The van der Waals surface area contributed by atoms with Crippen LogP contribution in [0.4, 0.5) is 0 Å². The lowest BCUT2D eigenvalue weighted by atomic mass is 9.83. The monoisotopic (exact) mass is 174 g/mol. The third-order valence-electron chi connectivity index (χ3n) is 2.79. The molecular weight excluding hydrogens is 156 g/mol. The summed E-state index contributed by atoms with van der Waals surface area (Å²) in [6.45, 7) is 12.4. The van der Waals surface area contributed by atoms with Crippen molar-refractivity contribution in [2.75, 3.05) is 0 Å². The topological polar surface area (TPSA) is 0 Å². The van der Waals surface area contributed by atoms with Crippen LogP contribution in [0.1, 0.15) is 34.1 Å². The minimum atomic E-state index is -0.241. The van der Waals surface area contributed by atoms with Crippen LogP contribution >= 0.6 is 11.6 Å². The van der Waals surface area contributed by atoms with E-state index < -0.39 is 0 Å². The SMILES string of the molecule is C=CC(C)(Cl)[C@H](C)[C@@H](C)CC. The van der Waals surface area contributed by atoms with Crippen molar-refractivity contribution in [3.8, 4) is 0 Å². The average molecular weight is 175 g/mol. The number of halogens is 1. The highest BCUT2D eigenvalue weighted by Crippen LogP contribution is 2.32. The average Bonchev–Trinajstić information content (AvgIpc) is 2.01. The number of allylic oxidation sites excluding steroid dienone is 1. The van der Waals surface area contributed by atoms with E-state index in [1.165, 1.54) is 6.42 Å². The predicted molar refractivity (Wildman–Crippen MR) is 53.1 cm³/mol. The van der Waals surface area contributed by atoms with Gasteiger partial charge in [0.15, 0.2) is 0 Å². The van der Waals surface area contributed by atoms with Crippen molar-refractivity contribution >= 4 is 11.6 Å². The molecule has 0 amide bonds. The summed E-state index contributed by atoms with van der Waals surface area (Å²) in [5.74, 6) is 1.15. The molecule has 66 valence electrons. The molecule has 0 aromatic rings. The smallest absolute Gasteiger partial charge is 0.0623 e. The van der Waals surface area contributed by atoms with Crippen LogP contribution < -0.4 is 0 Å². The second-order valence-corrected chi connectivity index (χ2v) is 4.34. The number of hydrogen-bond donors (Lipinski definition) is 0. The summed E-state index contributed by atoms with van der Waals surface area (Å²) in [6, 6.07) is 0. The summed E-state index contributed by atoms with van der Waals surface area (Å²) in [5.41, 5.74) is 0. The van der Waals surface area contributed by atoms with Crippen LogP contribution in [0.25, 0.3) is 0 Å².